The molecule has 54 heavy (non-hydrogen) atoms. The quantitative estimate of drug-likeness (QED) is 0.105. The van der Waals surface area contributed by atoms with Gasteiger partial charge in [0, 0.05) is 31.5 Å². The fourth-order valence-corrected chi connectivity index (χ4v) is 9.94. The average molecular weight is 731 g/mol. The van der Waals surface area contributed by atoms with E-state index >= 15 is 0 Å². The van der Waals surface area contributed by atoms with Crippen molar-refractivity contribution in [1.82, 2.24) is 0 Å². The summed E-state index contributed by atoms with van der Waals surface area (Å²) in [5.41, 5.74) is 8.54. The van der Waals surface area contributed by atoms with E-state index in [0.29, 0.717) is 0 Å². The van der Waals surface area contributed by atoms with Gasteiger partial charge in [-0.05, 0) is 127 Å². The summed E-state index contributed by atoms with van der Waals surface area (Å²) in [6, 6.07) is 35.8. The maximum Gasteiger partial charge on any atom is 0.0361 e. The molecule has 0 nitrogen and oxygen atoms in total. The Labute approximate surface area is 326 Å². The monoisotopic (exact) mass is 730 g/mol. The van der Waals surface area contributed by atoms with Gasteiger partial charge in [0.25, 0.3) is 0 Å². The largest absolute Gasteiger partial charge is 0.135 e. The molecule has 0 amide bonds. The highest BCUT2D eigenvalue weighted by molar-refractivity contribution is 8.03. The minimum Gasteiger partial charge on any atom is -0.135 e. The molecule has 262 valence electrons. The van der Waals surface area contributed by atoms with E-state index in [1.807, 2.05) is 35.3 Å². The van der Waals surface area contributed by atoms with Crippen LogP contribution in [0.2, 0.25) is 0 Å². The van der Waals surface area contributed by atoms with Crippen LogP contribution < -0.4 is 0 Å². The molecular formula is C52H42S2. The lowest BCUT2D eigenvalue weighted by molar-refractivity contribution is 1.22. The molecule has 0 fully saturated rings. The third-order valence-corrected chi connectivity index (χ3v) is 12.6. The number of allylic oxidation sites excluding steroid dienone is 16. The van der Waals surface area contributed by atoms with E-state index in [2.05, 4.69) is 186 Å². The van der Waals surface area contributed by atoms with Crippen molar-refractivity contribution in [3.8, 4) is 0 Å². The molecule has 0 aliphatic carbocycles. The van der Waals surface area contributed by atoms with Crippen molar-refractivity contribution in [2.45, 2.75) is 32.1 Å². The molecule has 0 spiro atoms. The van der Waals surface area contributed by atoms with Crippen molar-refractivity contribution in [3.63, 3.8) is 0 Å². The molecule has 0 saturated heterocycles. The number of benzene rings is 6. The predicted octanol–water partition coefficient (Wildman–Crippen LogP) is 15.9. The highest BCUT2D eigenvalue weighted by Crippen LogP contribution is 2.44. The van der Waals surface area contributed by atoms with E-state index < -0.39 is 0 Å². The van der Waals surface area contributed by atoms with Gasteiger partial charge in [-0.1, -0.05) is 158 Å². The van der Waals surface area contributed by atoms with Crippen LogP contribution in [-0.4, -0.2) is 0 Å². The Morgan fingerprint density at radius 2 is 1.28 bits per heavy atom. The van der Waals surface area contributed by atoms with Crippen LogP contribution in [-0.2, 0) is 6.42 Å². The highest BCUT2D eigenvalue weighted by Gasteiger charge is 2.19. The van der Waals surface area contributed by atoms with Gasteiger partial charge in [-0.3, -0.25) is 0 Å². The normalized spacial score (nSPS) is 15.3. The summed E-state index contributed by atoms with van der Waals surface area (Å²) in [5.74, 6) is 0. The van der Waals surface area contributed by atoms with Gasteiger partial charge in [0.1, 0.15) is 0 Å². The van der Waals surface area contributed by atoms with Crippen LogP contribution in [0, 0.1) is 0 Å². The van der Waals surface area contributed by atoms with E-state index in [4.69, 9.17) is 0 Å². The lowest BCUT2D eigenvalue weighted by Gasteiger charge is -2.18. The second-order valence-electron chi connectivity index (χ2n) is 13.8. The van der Waals surface area contributed by atoms with Crippen molar-refractivity contribution in [2.75, 3.05) is 0 Å². The number of thiophene rings is 1. The summed E-state index contributed by atoms with van der Waals surface area (Å²) < 4.78 is 2.71. The van der Waals surface area contributed by atoms with E-state index in [9.17, 15) is 0 Å². The molecule has 0 radical (unpaired) electrons. The molecule has 8 rings (SSSR count). The summed E-state index contributed by atoms with van der Waals surface area (Å²) in [6.45, 7) is 14.6. The van der Waals surface area contributed by atoms with E-state index in [1.165, 1.54) is 90.1 Å². The number of fused-ring (bicyclic) bond motifs is 7. The second kappa shape index (κ2) is 15.4. The Bertz CT molecular complexity index is 2820. The van der Waals surface area contributed by atoms with Gasteiger partial charge >= 0.3 is 0 Å². The molecule has 1 aromatic heterocycles. The SMILES string of the molecule is C=C/C=C(/C=C\C(=C\C=C)c1c2ccccc2c(/C(C)=C/C=C\C)c2ccccc12)C(\C)=C\C=C1/Cc2cc3cc4c(cc3cc2S1)sc1ccccc14. The summed E-state index contributed by atoms with van der Waals surface area (Å²) >= 11 is 3.78. The molecular weight excluding hydrogens is 689 g/mol. The fraction of sp³-hybridized carbons (Fsp3) is 0.0769. The van der Waals surface area contributed by atoms with E-state index in [0.717, 1.165) is 17.6 Å². The van der Waals surface area contributed by atoms with Crippen molar-refractivity contribution in [3.05, 3.63) is 210 Å². The summed E-state index contributed by atoms with van der Waals surface area (Å²) in [5, 5.41) is 10.3. The maximum atomic E-state index is 4.12. The maximum absolute atomic E-state index is 4.12. The van der Waals surface area contributed by atoms with Crippen LogP contribution >= 0.6 is 23.1 Å². The molecule has 0 atom stereocenters. The Hall–Kier alpha value is -5.67. The molecule has 6 aromatic carbocycles. The van der Waals surface area contributed by atoms with Gasteiger partial charge in [0.2, 0.25) is 0 Å². The number of hydrogen-bond acceptors (Lipinski definition) is 2. The van der Waals surface area contributed by atoms with Gasteiger partial charge in [0.15, 0.2) is 0 Å². The van der Waals surface area contributed by atoms with Gasteiger partial charge in [0.05, 0.1) is 0 Å². The lowest BCUT2D eigenvalue weighted by Crippen LogP contribution is -1.94. The Balaban J connectivity index is 1.12. The van der Waals surface area contributed by atoms with Crippen molar-refractivity contribution >= 4 is 86.7 Å². The van der Waals surface area contributed by atoms with Crippen molar-refractivity contribution < 1.29 is 0 Å². The first-order valence-corrected chi connectivity index (χ1v) is 20.1. The van der Waals surface area contributed by atoms with Crippen LogP contribution in [0.5, 0.6) is 0 Å². The third-order valence-electron chi connectivity index (χ3n) is 10.3. The van der Waals surface area contributed by atoms with E-state index in [-0.39, 0.29) is 0 Å². The minimum atomic E-state index is 0.949. The molecule has 7 aromatic rings. The minimum absolute atomic E-state index is 0.949. The van der Waals surface area contributed by atoms with Crippen LogP contribution in [0.15, 0.2) is 198 Å². The van der Waals surface area contributed by atoms with Crippen LogP contribution in [0.1, 0.15) is 37.5 Å². The summed E-state index contributed by atoms with van der Waals surface area (Å²) in [4.78, 5) is 2.72. The number of rotatable bonds is 9. The summed E-state index contributed by atoms with van der Waals surface area (Å²) in [6.07, 6.45) is 24.3. The first-order valence-electron chi connectivity index (χ1n) is 18.5. The predicted molar refractivity (Wildman–Crippen MR) is 244 cm³/mol. The zero-order valence-corrected chi connectivity index (χ0v) is 32.7. The van der Waals surface area contributed by atoms with E-state index in [1.54, 1.807) is 0 Å². The van der Waals surface area contributed by atoms with Crippen LogP contribution in [0.3, 0.4) is 0 Å². The Morgan fingerprint density at radius 1 is 0.630 bits per heavy atom. The third kappa shape index (κ3) is 6.69. The molecule has 2 heteroatoms. The van der Waals surface area contributed by atoms with Gasteiger partial charge in [-0.25, -0.2) is 0 Å². The molecule has 1 aliphatic heterocycles. The fourth-order valence-electron chi connectivity index (χ4n) is 7.71. The molecule has 2 heterocycles. The average Bonchev–Trinajstić information content (AvgIpc) is 3.77. The zero-order valence-electron chi connectivity index (χ0n) is 31.0. The zero-order chi connectivity index (χ0) is 37.2. The highest BCUT2D eigenvalue weighted by atomic mass is 32.2. The molecule has 0 unspecified atom stereocenters. The first kappa shape index (κ1) is 35.4. The molecule has 1 aliphatic rings. The smallest absolute Gasteiger partial charge is 0.0361 e. The van der Waals surface area contributed by atoms with Crippen LogP contribution in [0.4, 0.5) is 0 Å². The molecule has 0 N–H and O–H groups in total. The number of hydrogen-bond donors (Lipinski definition) is 0. The molecule has 0 bridgehead atoms. The second-order valence-corrected chi connectivity index (χ2v) is 16.0. The topological polar surface area (TPSA) is 0 Å². The van der Waals surface area contributed by atoms with Crippen molar-refractivity contribution in [1.29, 1.82) is 0 Å². The van der Waals surface area contributed by atoms with Crippen LogP contribution in [0.25, 0.3) is 63.6 Å². The van der Waals surface area contributed by atoms with Gasteiger partial charge in [-0.15, -0.1) is 11.3 Å². The number of thioether (sulfide) groups is 1. The van der Waals surface area contributed by atoms with Crippen molar-refractivity contribution in [2.24, 2.45) is 0 Å². The Kier molecular flexibility index (Phi) is 10.1. The van der Waals surface area contributed by atoms with Gasteiger partial charge < -0.3 is 0 Å². The van der Waals surface area contributed by atoms with Gasteiger partial charge in [-0.2, -0.15) is 0 Å². The standard InChI is InChI=1S/C52H42S2/c1-6-9-18-35(5)51-43-20-10-12-22-45(43)52(46-23-13-11-21-44(46)51)37(17-8-3)27-26-36(16-7-2)34(4)25-28-41-30-40-29-38-31-47-42-19-14-15-24-48(42)54-50(47)33-39(38)32-49(40)53-41/h6-29,31-33H,2-3,30H2,1,4-5H3/b9-6-,27-26-,34-25+,35-18+,36-16-,37-17-,41-28+. The lowest BCUT2D eigenvalue weighted by atomic mass is 9.85. The summed E-state index contributed by atoms with van der Waals surface area (Å²) in [7, 11) is 0. The first-order chi connectivity index (χ1) is 26.5. The Morgan fingerprint density at radius 3 is 1.96 bits per heavy atom. The molecule has 0 saturated carbocycles.